The van der Waals surface area contributed by atoms with E-state index in [0.29, 0.717) is 54.5 Å². The van der Waals surface area contributed by atoms with Gasteiger partial charge in [-0.2, -0.15) is 5.06 Å². The first-order valence-electron chi connectivity index (χ1n) is 18.3. The number of carbonyl (C=O) groups excluding carboxylic acids is 2. The van der Waals surface area contributed by atoms with E-state index in [1.165, 1.54) is 6.42 Å². The van der Waals surface area contributed by atoms with Crippen LogP contribution in [0.3, 0.4) is 0 Å². The maximum atomic E-state index is 14.0. The van der Waals surface area contributed by atoms with E-state index >= 15 is 0 Å². The van der Waals surface area contributed by atoms with Crippen molar-refractivity contribution in [2.45, 2.75) is 123 Å². The Balaban J connectivity index is 1.43. The molecule has 1 saturated heterocycles. The van der Waals surface area contributed by atoms with Gasteiger partial charge in [0.15, 0.2) is 0 Å². The van der Waals surface area contributed by atoms with Gasteiger partial charge in [-0.25, -0.2) is 0 Å². The summed E-state index contributed by atoms with van der Waals surface area (Å²) < 4.78 is 6.17. The van der Waals surface area contributed by atoms with Gasteiger partial charge in [-0.15, -0.1) is 0 Å². The molecule has 0 aromatic rings. The minimum Gasteiger partial charge on any atom is -0.394 e. The van der Waals surface area contributed by atoms with E-state index in [1.807, 2.05) is 14.1 Å². The van der Waals surface area contributed by atoms with Gasteiger partial charge in [0.1, 0.15) is 12.1 Å². The lowest BCUT2D eigenvalue weighted by Crippen LogP contribution is -2.62. The van der Waals surface area contributed by atoms with Crippen molar-refractivity contribution in [1.29, 1.82) is 0 Å². The van der Waals surface area contributed by atoms with E-state index in [1.54, 1.807) is 19.1 Å². The van der Waals surface area contributed by atoms with Gasteiger partial charge in [0.25, 0.3) is 0 Å². The summed E-state index contributed by atoms with van der Waals surface area (Å²) in [6.45, 7) is 12.5. The van der Waals surface area contributed by atoms with Gasteiger partial charge < -0.3 is 30.5 Å². The number of carbonyl (C=O) groups is 2. The summed E-state index contributed by atoms with van der Waals surface area (Å²) in [6.07, 6.45) is 7.33. The van der Waals surface area contributed by atoms with Crippen LogP contribution in [0.2, 0.25) is 0 Å². The number of nitrogens with zero attached hydrogens (tertiary/aromatic N) is 2. The number of rotatable bonds is 16. The molecule has 0 aromatic heterocycles. The molecule has 10 heteroatoms. The van der Waals surface area contributed by atoms with Gasteiger partial charge in [0.05, 0.1) is 18.8 Å². The van der Waals surface area contributed by atoms with Crippen LogP contribution in [0.15, 0.2) is 0 Å². The number of aliphatic hydroxyl groups excluding tert-OH is 2. The van der Waals surface area contributed by atoms with Crippen molar-refractivity contribution in [3.05, 3.63) is 0 Å². The second-order valence-corrected chi connectivity index (χ2v) is 16.0. The van der Waals surface area contributed by atoms with Gasteiger partial charge in [0, 0.05) is 44.6 Å². The number of nitrogens with one attached hydrogen (secondary N) is 2. The average Bonchev–Trinajstić information content (AvgIpc) is 3.40. The van der Waals surface area contributed by atoms with Crippen LogP contribution >= 0.6 is 0 Å². The molecule has 4 unspecified atom stereocenters. The molecule has 0 aromatic carbocycles. The Labute approximate surface area is 278 Å². The number of hydrogen-bond donors (Lipinski definition) is 4. The van der Waals surface area contributed by atoms with E-state index in [9.17, 15) is 19.8 Å². The number of hydroxylamine groups is 2. The summed E-state index contributed by atoms with van der Waals surface area (Å²) in [5.74, 6) is 1.84. The van der Waals surface area contributed by atoms with Gasteiger partial charge in [-0.05, 0) is 94.5 Å². The fourth-order valence-corrected chi connectivity index (χ4v) is 9.76. The zero-order valence-electron chi connectivity index (χ0n) is 30.0. The summed E-state index contributed by atoms with van der Waals surface area (Å²) in [6, 6.07) is -0.586. The molecule has 12 atom stereocenters. The third-order valence-electron chi connectivity index (χ3n) is 12.6. The van der Waals surface area contributed by atoms with Crippen molar-refractivity contribution in [2.75, 3.05) is 47.4 Å². The fraction of sp³-hybridized carbons (Fsp3) is 0.944. The fourth-order valence-electron chi connectivity index (χ4n) is 9.76. The largest absolute Gasteiger partial charge is 0.394 e. The lowest BCUT2D eigenvalue weighted by molar-refractivity contribution is -0.182. The van der Waals surface area contributed by atoms with Gasteiger partial charge >= 0.3 is 0 Å². The molecule has 266 valence electrons. The maximum absolute atomic E-state index is 14.0. The van der Waals surface area contributed by atoms with Crippen LogP contribution < -0.4 is 10.6 Å². The topological polar surface area (TPSA) is 124 Å². The first kappa shape index (κ1) is 37.5. The number of methoxy groups -OCH3 is 1. The molecule has 1 aliphatic heterocycles. The summed E-state index contributed by atoms with van der Waals surface area (Å²) in [5, 5.41) is 29.3. The Hall–Kier alpha value is -1.30. The summed E-state index contributed by atoms with van der Waals surface area (Å²) in [7, 11) is 5.79. The van der Waals surface area contributed by atoms with Crippen LogP contribution in [0.1, 0.15) is 92.4 Å². The molecule has 4 N–H and O–H groups in total. The highest BCUT2D eigenvalue weighted by atomic mass is 16.7. The Morgan fingerprint density at radius 3 is 2.46 bits per heavy atom. The standard InChI is InChI=1S/C36H66N4O6/c1-9-11-27(24-12-10-13-25(18-24)34(43)37-15-17-39(6)7)30(45-8)14-16-40-33(32(23(3)42)31(21-41)46-40)35(44)38-29-20-26-19-28(22(29)2)36(26,4)5/h22-33,41-42H,9-21H2,1-8H3,(H,37,43)(H,38,44)/t22-,23-,24?,25?,26+,27?,28-,29-,30?,31-,32+,33-/m0/s1. The Kier molecular flexibility index (Phi) is 13.4. The zero-order valence-corrected chi connectivity index (χ0v) is 30.0. The number of likely N-dealkylation sites (N-methyl/N-ethyl adjacent to an activating group) is 1. The second-order valence-electron chi connectivity index (χ2n) is 16.0. The maximum Gasteiger partial charge on any atom is 0.240 e. The van der Waals surface area contributed by atoms with Crippen LogP contribution in [-0.2, 0) is 19.2 Å². The molecule has 10 nitrogen and oxygen atoms in total. The van der Waals surface area contributed by atoms with E-state index < -0.39 is 24.2 Å². The second kappa shape index (κ2) is 16.4. The molecule has 5 rings (SSSR count). The predicted molar refractivity (Wildman–Crippen MR) is 180 cm³/mol. The van der Waals surface area contributed by atoms with E-state index in [0.717, 1.165) is 51.5 Å². The minimum atomic E-state index is -0.817. The van der Waals surface area contributed by atoms with E-state index in [4.69, 9.17) is 9.57 Å². The third-order valence-corrected chi connectivity index (χ3v) is 12.6. The lowest BCUT2D eigenvalue weighted by atomic mass is 9.45. The smallest absolute Gasteiger partial charge is 0.240 e. The highest BCUT2D eigenvalue weighted by Crippen LogP contribution is 2.61. The van der Waals surface area contributed by atoms with Gasteiger partial charge in [-0.1, -0.05) is 47.0 Å². The van der Waals surface area contributed by atoms with Crippen molar-refractivity contribution < 1.29 is 29.4 Å². The molecular weight excluding hydrogens is 584 g/mol. The molecule has 0 radical (unpaired) electrons. The highest BCUT2D eigenvalue weighted by molar-refractivity contribution is 5.83. The van der Waals surface area contributed by atoms with E-state index in [2.05, 4.69) is 43.2 Å². The molecule has 5 fully saturated rings. The Morgan fingerprint density at radius 2 is 1.87 bits per heavy atom. The Bertz CT molecular complexity index is 994. The molecule has 46 heavy (non-hydrogen) atoms. The molecule has 0 spiro atoms. The van der Waals surface area contributed by atoms with Crippen molar-refractivity contribution >= 4 is 11.8 Å². The van der Waals surface area contributed by atoms with Crippen LogP contribution in [0.5, 0.6) is 0 Å². The number of amides is 2. The molecule has 4 saturated carbocycles. The van der Waals surface area contributed by atoms with Crippen molar-refractivity contribution in [1.82, 2.24) is 20.6 Å². The quantitative estimate of drug-likeness (QED) is 0.200. The third kappa shape index (κ3) is 8.28. The SMILES string of the molecule is CCCC(C1CCCC(C(=O)NCCN(C)C)C1)C(CCN1O[C@@H](CO)[C@@H]([C@H](C)O)[C@H]1C(=O)N[C@H]1C[C@H]2C[C@@H]([C@@H]1C)C2(C)C)OC. The highest BCUT2D eigenvalue weighted by Gasteiger charge is 2.57. The number of hydrogen-bond acceptors (Lipinski definition) is 8. The van der Waals surface area contributed by atoms with Crippen LogP contribution in [-0.4, -0.2) is 110 Å². The summed E-state index contributed by atoms with van der Waals surface area (Å²) in [5.41, 5.74) is 0.325. The lowest BCUT2D eigenvalue weighted by Gasteiger charge is -2.62. The van der Waals surface area contributed by atoms with Crippen molar-refractivity contribution in [3.63, 3.8) is 0 Å². The molecule has 4 aliphatic carbocycles. The average molecular weight is 651 g/mol. The molecule has 1 heterocycles. The molecule has 2 bridgehead atoms. The Morgan fingerprint density at radius 1 is 1.13 bits per heavy atom. The minimum absolute atomic E-state index is 0.0312. The number of ether oxygens (including phenoxy) is 1. The molecular formula is C36H66N4O6. The first-order chi connectivity index (χ1) is 21.8. The summed E-state index contributed by atoms with van der Waals surface area (Å²) in [4.78, 5) is 35.4. The first-order valence-corrected chi connectivity index (χ1v) is 18.3. The summed E-state index contributed by atoms with van der Waals surface area (Å²) >= 11 is 0. The molecule has 2 amide bonds. The monoisotopic (exact) mass is 650 g/mol. The van der Waals surface area contributed by atoms with Crippen molar-refractivity contribution in [3.8, 4) is 0 Å². The van der Waals surface area contributed by atoms with Crippen molar-refractivity contribution in [2.24, 2.45) is 46.8 Å². The van der Waals surface area contributed by atoms with Gasteiger partial charge in [0.2, 0.25) is 11.8 Å². The van der Waals surface area contributed by atoms with E-state index in [-0.39, 0.29) is 36.5 Å². The normalized spacial score (nSPS) is 36.1. The van der Waals surface area contributed by atoms with Crippen LogP contribution in [0, 0.1) is 46.8 Å². The number of aliphatic hydroxyl groups is 2. The predicted octanol–water partition coefficient (Wildman–Crippen LogP) is 3.45. The van der Waals surface area contributed by atoms with Gasteiger partial charge in [-0.3, -0.25) is 14.4 Å². The zero-order chi connectivity index (χ0) is 33.8. The van der Waals surface area contributed by atoms with Crippen LogP contribution in [0.4, 0.5) is 0 Å². The number of fused-ring (bicyclic) bond motifs is 2. The van der Waals surface area contributed by atoms with Crippen LogP contribution in [0.25, 0.3) is 0 Å². The molecule has 5 aliphatic rings.